The highest BCUT2D eigenvalue weighted by molar-refractivity contribution is 5.46. The molecule has 0 amide bonds. The standard InChI is InChI=1S/C13H20N2O/c1-10(2)13-5-4-12(8-14-13)15-6-7-16-9-11(15)3/h4-5,8,10-11H,6-7,9H2,1-3H3/t11-/m0/s1. The van der Waals surface area contributed by atoms with E-state index in [-0.39, 0.29) is 0 Å². The number of aromatic nitrogens is 1. The molecule has 2 heterocycles. The van der Waals surface area contributed by atoms with Crippen molar-refractivity contribution in [2.75, 3.05) is 24.7 Å². The zero-order valence-electron chi connectivity index (χ0n) is 10.3. The average molecular weight is 220 g/mol. The third-order valence-corrected chi connectivity index (χ3v) is 3.06. The first-order chi connectivity index (χ1) is 7.68. The van der Waals surface area contributed by atoms with Crippen LogP contribution < -0.4 is 4.90 Å². The Morgan fingerprint density at radius 2 is 2.25 bits per heavy atom. The van der Waals surface area contributed by atoms with Crippen LogP contribution in [-0.2, 0) is 4.74 Å². The van der Waals surface area contributed by atoms with Crippen molar-refractivity contribution in [1.82, 2.24) is 4.98 Å². The molecule has 3 nitrogen and oxygen atoms in total. The predicted molar refractivity (Wildman–Crippen MR) is 66.0 cm³/mol. The van der Waals surface area contributed by atoms with Crippen LogP contribution in [0.3, 0.4) is 0 Å². The number of rotatable bonds is 2. The summed E-state index contributed by atoms with van der Waals surface area (Å²) in [6.07, 6.45) is 1.98. The number of anilines is 1. The first-order valence-electron chi connectivity index (χ1n) is 5.99. The van der Waals surface area contributed by atoms with Crippen LogP contribution in [0.15, 0.2) is 18.3 Å². The van der Waals surface area contributed by atoms with E-state index in [4.69, 9.17) is 4.74 Å². The van der Waals surface area contributed by atoms with Gasteiger partial charge in [-0.3, -0.25) is 4.98 Å². The summed E-state index contributed by atoms with van der Waals surface area (Å²) in [6, 6.07) is 4.74. The quantitative estimate of drug-likeness (QED) is 0.765. The van der Waals surface area contributed by atoms with Gasteiger partial charge in [0, 0.05) is 18.3 Å². The lowest BCUT2D eigenvalue weighted by Crippen LogP contribution is -2.43. The lowest BCUT2D eigenvalue weighted by Gasteiger charge is -2.35. The van der Waals surface area contributed by atoms with Crippen LogP contribution in [0.4, 0.5) is 5.69 Å². The Morgan fingerprint density at radius 3 is 2.81 bits per heavy atom. The van der Waals surface area contributed by atoms with Crippen LogP contribution in [0.25, 0.3) is 0 Å². The van der Waals surface area contributed by atoms with Gasteiger partial charge in [0.1, 0.15) is 0 Å². The molecule has 1 saturated heterocycles. The lowest BCUT2D eigenvalue weighted by atomic mass is 10.1. The fourth-order valence-corrected chi connectivity index (χ4v) is 2.02. The van der Waals surface area contributed by atoms with Gasteiger partial charge in [0.2, 0.25) is 0 Å². The number of hydrogen-bond acceptors (Lipinski definition) is 3. The molecule has 0 aromatic carbocycles. The fraction of sp³-hybridized carbons (Fsp3) is 0.615. The second-order valence-electron chi connectivity index (χ2n) is 4.71. The van der Waals surface area contributed by atoms with E-state index in [2.05, 4.69) is 42.8 Å². The van der Waals surface area contributed by atoms with Crippen LogP contribution in [0.5, 0.6) is 0 Å². The zero-order chi connectivity index (χ0) is 11.5. The van der Waals surface area contributed by atoms with Crippen molar-refractivity contribution >= 4 is 5.69 Å². The summed E-state index contributed by atoms with van der Waals surface area (Å²) in [5.41, 5.74) is 2.37. The summed E-state index contributed by atoms with van der Waals surface area (Å²) in [5, 5.41) is 0. The predicted octanol–water partition coefficient (Wildman–Crippen LogP) is 2.43. The summed E-state index contributed by atoms with van der Waals surface area (Å²) in [7, 11) is 0. The van der Waals surface area contributed by atoms with Crippen LogP contribution in [0.1, 0.15) is 32.4 Å². The minimum atomic E-state index is 0.445. The first kappa shape index (κ1) is 11.4. The van der Waals surface area contributed by atoms with Crippen molar-refractivity contribution in [2.24, 2.45) is 0 Å². The van der Waals surface area contributed by atoms with E-state index in [9.17, 15) is 0 Å². The van der Waals surface area contributed by atoms with Crippen LogP contribution in [-0.4, -0.2) is 30.8 Å². The molecule has 0 spiro atoms. The largest absolute Gasteiger partial charge is 0.377 e. The maximum Gasteiger partial charge on any atom is 0.0668 e. The molecule has 3 heteroatoms. The highest BCUT2D eigenvalue weighted by atomic mass is 16.5. The molecule has 0 unspecified atom stereocenters. The third-order valence-electron chi connectivity index (χ3n) is 3.06. The van der Waals surface area contributed by atoms with Gasteiger partial charge in [0.25, 0.3) is 0 Å². The molecule has 1 aliphatic heterocycles. The molecule has 1 aromatic heterocycles. The summed E-state index contributed by atoms with van der Waals surface area (Å²) in [5.74, 6) is 0.496. The molecule has 16 heavy (non-hydrogen) atoms. The Kier molecular flexibility index (Phi) is 3.44. The Labute approximate surface area is 97.4 Å². The number of pyridine rings is 1. The van der Waals surface area contributed by atoms with Gasteiger partial charge in [-0.2, -0.15) is 0 Å². The van der Waals surface area contributed by atoms with Crippen molar-refractivity contribution in [1.29, 1.82) is 0 Å². The molecule has 0 radical (unpaired) electrons. The topological polar surface area (TPSA) is 25.4 Å². The van der Waals surface area contributed by atoms with Crippen LogP contribution in [0, 0.1) is 0 Å². The van der Waals surface area contributed by atoms with Gasteiger partial charge in [-0.1, -0.05) is 13.8 Å². The Bertz CT molecular complexity index is 334. The maximum atomic E-state index is 5.43. The summed E-state index contributed by atoms with van der Waals surface area (Å²) in [6.45, 7) is 9.11. The molecule has 1 aliphatic rings. The molecule has 0 N–H and O–H groups in total. The number of morpholine rings is 1. The number of nitrogens with zero attached hydrogens (tertiary/aromatic N) is 2. The lowest BCUT2D eigenvalue weighted by molar-refractivity contribution is 0.0989. The summed E-state index contributed by atoms with van der Waals surface area (Å²) < 4.78 is 5.43. The van der Waals surface area contributed by atoms with Gasteiger partial charge in [-0.25, -0.2) is 0 Å². The van der Waals surface area contributed by atoms with Gasteiger partial charge < -0.3 is 9.64 Å². The minimum Gasteiger partial charge on any atom is -0.377 e. The van der Waals surface area contributed by atoms with Crippen molar-refractivity contribution in [3.05, 3.63) is 24.0 Å². The van der Waals surface area contributed by atoms with Gasteiger partial charge >= 0.3 is 0 Å². The van der Waals surface area contributed by atoms with Gasteiger partial charge in [0.05, 0.1) is 25.1 Å². The monoisotopic (exact) mass is 220 g/mol. The van der Waals surface area contributed by atoms with Crippen molar-refractivity contribution in [3.8, 4) is 0 Å². The molecule has 2 rings (SSSR count). The SMILES string of the molecule is CC(C)c1ccc(N2CCOC[C@@H]2C)cn1. The van der Waals surface area contributed by atoms with E-state index < -0.39 is 0 Å². The van der Waals surface area contributed by atoms with E-state index in [0.717, 1.165) is 25.5 Å². The molecule has 0 aliphatic carbocycles. The molecule has 1 fully saturated rings. The van der Waals surface area contributed by atoms with E-state index >= 15 is 0 Å². The van der Waals surface area contributed by atoms with Crippen molar-refractivity contribution in [3.63, 3.8) is 0 Å². The zero-order valence-corrected chi connectivity index (χ0v) is 10.3. The number of ether oxygens (including phenoxy) is 1. The normalized spacial score (nSPS) is 21.5. The Hall–Kier alpha value is -1.09. The Balaban J connectivity index is 2.14. The smallest absolute Gasteiger partial charge is 0.0668 e. The van der Waals surface area contributed by atoms with E-state index in [0.29, 0.717) is 12.0 Å². The second kappa shape index (κ2) is 4.83. The second-order valence-corrected chi connectivity index (χ2v) is 4.71. The Morgan fingerprint density at radius 1 is 1.44 bits per heavy atom. The van der Waals surface area contributed by atoms with Crippen LogP contribution >= 0.6 is 0 Å². The van der Waals surface area contributed by atoms with Crippen molar-refractivity contribution < 1.29 is 4.74 Å². The summed E-state index contributed by atoms with van der Waals surface area (Å²) >= 11 is 0. The molecule has 0 saturated carbocycles. The minimum absolute atomic E-state index is 0.445. The van der Waals surface area contributed by atoms with Crippen LogP contribution in [0.2, 0.25) is 0 Å². The maximum absolute atomic E-state index is 5.43. The molecule has 88 valence electrons. The highest BCUT2D eigenvalue weighted by Gasteiger charge is 2.19. The van der Waals surface area contributed by atoms with Gasteiger partial charge in [0.15, 0.2) is 0 Å². The van der Waals surface area contributed by atoms with Crippen molar-refractivity contribution in [2.45, 2.75) is 32.7 Å². The average Bonchev–Trinajstić information content (AvgIpc) is 2.30. The van der Waals surface area contributed by atoms with E-state index in [1.54, 1.807) is 0 Å². The molecular weight excluding hydrogens is 200 g/mol. The summed E-state index contributed by atoms with van der Waals surface area (Å²) in [4.78, 5) is 6.87. The highest BCUT2D eigenvalue weighted by Crippen LogP contribution is 2.20. The fourth-order valence-electron chi connectivity index (χ4n) is 2.02. The third kappa shape index (κ3) is 2.35. The van der Waals surface area contributed by atoms with Gasteiger partial charge in [-0.05, 0) is 25.0 Å². The van der Waals surface area contributed by atoms with E-state index in [1.165, 1.54) is 5.69 Å². The van der Waals surface area contributed by atoms with Gasteiger partial charge in [-0.15, -0.1) is 0 Å². The van der Waals surface area contributed by atoms with E-state index in [1.807, 2.05) is 6.20 Å². The molecule has 1 aromatic rings. The molecular formula is C13H20N2O. The molecule has 1 atom stereocenters. The number of hydrogen-bond donors (Lipinski definition) is 0. The molecule has 0 bridgehead atoms. The first-order valence-corrected chi connectivity index (χ1v) is 5.99.